The molecule has 2 aromatic rings. The normalized spacial score (nSPS) is 11.3. The van der Waals surface area contributed by atoms with E-state index in [-0.39, 0.29) is 11.4 Å². The first-order chi connectivity index (χ1) is 11.4. The second-order valence-corrected chi connectivity index (χ2v) is 7.23. The fourth-order valence-corrected chi connectivity index (χ4v) is 3.13. The molecule has 0 spiro atoms. The summed E-state index contributed by atoms with van der Waals surface area (Å²) < 4.78 is 26.8. The third-order valence-electron chi connectivity index (χ3n) is 3.04. The van der Waals surface area contributed by atoms with Gasteiger partial charge in [0.2, 0.25) is 16.0 Å². The maximum absolute atomic E-state index is 12.1. The molecule has 0 aliphatic carbocycles. The Hall–Kier alpha value is -1.90. The van der Waals surface area contributed by atoms with Crippen molar-refractivity contribution < 1.29 is 8.42 Å². The van der Waals surface area contributed by atoms with Crippen LogP contribution in [-0.2, 0) is 10.0 Å². The van der Waals surface area contributed by atoms with Crippen LogP contribution in [0.5, 0.6) is 0 Å². The highest BCUT2D eigenvalue weighted by atomic mass is 35.5. The Balaban J connectivity index is 1.89. The van der Waals surface area contributed by atoms with Gasteiger partial charge >= 0.3 is 0 Å². The molecule has 3 N–H and O–H groups in total. The number of nitrogens with zero attached hydrogens (tertiary/aromatic N) is 2. The van der Waals surface area contributed by atoms with Gasteiger partial charge in [0, 0.05) is 36.4 Å². The van der Waals surface area contributed by atoms with E-state index in [1.165, 1.54) is 24.3 Å². The Labute approximate surface area is 146 Å². The maximum Gasteiger partial charge on any atom is 0.240 e. The van der Waals surface area contributed by atoms with Crippen molar-refractivity contribution in [3.63, 3.8) is 0 Å². The Morgan fingerprint density at radius 2 is 1.79 bits per heavy atom. The lowest BCUT2D eigenvalue weighted by atomic mass is 10.4. The lowest BCUT2D eigenvalue weighted by molar-refractivity contribution is 0.583. The zero-order valence-corrected chi connectivity index (χ0v) is 15.1. The summed E-state index contributed by atoms with van der Waals surface area (Å²) in [6, 6.07) is 7.85. The first kappa shape index (κ1) is 18.4. The second kappa shape index (κ2) is 8.27. The second-order valence-electron chi connectivity index (χ2n) is 5.03. The Bertz CT molecular complexity index is 781. The zero-order chi connectivity index (χ0) is 17.6. The number of aryl methyl sites for hydroxylation is 1. The molecule has 0 radical (unpaired) electrons. The van der Waals surface area contributed by atoms with Crippen molar-refractivity contribution in [3.8, 4) is 0 Å². The van der Waals surface area contributed by atoms with Crippen LogP contribution in [0.25, 0.3) is 0 Å². The van der Waals surface area contributed by atoms with E-state index in [9.17, 15) is 8.42 Å². The van der Waals surface area contributed by atoms with Gasteiger partial charge in [-0.1, -0.05) is 11.6 Å². The molecule has 24 heavy (non-hydrogen) atoms. The molecule has 0 bridgehead atoms. The fraction of sp³-hybridized carbons (Fsp3) is 0.333. The molecule has 0 amide bonds. The molecule has 1 heterocycles. The first-order valence-electron chi connectivity index (χ1n) is 7.49. The van der Waals surface area contributed by atoms with Gasteiger partial charge in [0.1, 0.15) is 5.82 Å². The standard InChI is InChI=1S/C15H20ClN5O2S/c1-3-17-14-10-11(2)20-15(21-14)18-8-9-19-24(22,23)13-6-4-12(16)5-7-13/h4-7,10,19H,3,8-9H2,1-2H3,(H2,17,18,20,21). The van der Waals surface area contributed by atoms with E-state index in [0.29, 0.717) is 17.5 Å². The molecule has 2 rings (SSSR count). The van der Waals surface area contributed by atoms with E-state index in [0.717, 1.165) is 18.1 Å². The van der Waals surface area contributed by atoms with Crippen molar-refractivity contribution >= 4 is 33.4 Å². The Morgan fingerprint density at radius 3 is 2.46 bits per heavy atom. The van der Waals surface area contributed by atoms with Crippen molar-refractivity contribution in [2.75, 3.05) is 30.3 Å². The van der Waals surface area contributed by atoms with Gasteiger partial charge in [-0.25, -0.2) is 18.1 Å². The largest absolute Gasteiger partial charge is 0.370 e. The first-order valence-corrected chi connectivity index (χ1v) is 9.35. The number of anilines is 2. The summed E-state index contributed by atoms with van der Waals surface area (Å²) in [6.45, 7) is 5.18. The van der Waals surface area contributed by atoms with Crippen molar-refractivity contribution in [2.45, 2.75) is 18.7 Å². The van der Waals surface area contributed by atoms with Crippen LogP contribution in [0.2, 0.25) is 5.02 Å². The molecule has 0 unspecified atom stereocenters. The Kier molecular flexibility index (Phi) is 6.36. The van der Waals surface area contributed by atoms with Gasteiger partial charge in [-0.15, -0.1) is 0 Å². The van der Waals surface area contributed by atoms with Gasteiger partial charge < -0.3 is 10.6 Å². The minimum absolute atomic E-state index is 0.174. The molecular weight excluding hydrogens is 350 g/mol. The van der Waals surface area contributed by atoms with Crippen molar-refractivity contribution in [3.05, 3.63) is 41.0 Å². The molecule has 0 aliphatic heterocycles. The minimum Gasteiger partial charge on any atom is -0.370 e. The van der Waals surface area contributed by atoms with Crippen LogP contribution in [0.3, 0.4) is 0 Å². The number of sulfonamides is 1. The van der Waals surface area contributed by atoms with Gasteiger partial charge in [-0.2, -0.15) is 4.98 Å². The number of nitrogens with one attached hydrogen (secondary N) is 3. The molecule has 0 fully saturated rings. The van der Waals surface area contributed by atoms with Crippen LogP contribution in [-0.4, -0.2) is 38.0 Å². The topological polar surface area (TPSA) is 96.0 Å². The fourth-order valence-electron chi connectivity index (χ4n) is 1.98. The predicted molar refractivity (Wildman–Crippen MR) is 96.1 cm³/mol. The summed E-state index contributed by atoms with van der Waals surface area (Å²) in [7, 11) is -3.56. The van der Waals surface area contributed by atoms with Gasteiger partial charge in [-0.05, 0) is 38.1 Å². The van der Waals surface area contributed by atoms with Gasteiger partial charge in [0.25, 0.3) is 0 Å². The third kappa shape index (κ3) is 5.33. The van der Waals surface area contributed by atoms with E-state index in [4.69, 9.17) is 11.6 Å². The lowest BCUT2D eigenvalue weighted by Crippen LogP contribution is -2.29. The van der Waals surface area contributed by atoms with Gasteiger partial charge in [0.05, 0.1) is 4.90 Å². The van der Waals surface area contributed by atoms with Crippen molar-refractivity contribution in [1.29, 1.82) is 0 Å². The van der Waals surface area contributed by atoms with Crippen LogP contribution in [0.15, 0.2) is 35.2 Å². The summed E-state index contributed by atoms with van der Waals surface area (Å²) in [6.07, 6.45) is 0. The SMILES string of the molecule is CCNc1cc(C)nc(NCCNS(=O)(=O)c2ccc(Cl)cc2)n1. The molecule has 0 aliphatic rings. The highest BCUT2D eigenvalue weighted by Gasteiger charge is 2.12. The highest BCUT2D eigenvalue weighted by molar-refractivity contribution is 7.89. The van der Waals surface area contributed by atoms with Crippen LogP contribution in [0, 0.1) is 6.92 Å². The summed E-state index contributed by atoms with van der Waals surface area (Å²) in [5.74, 6) is 1.19. The molecule has 0 saturated carbocycles. The highest BCUT2D eigenvalue weighted by Crippen LogP contribution is 2.13. The van der Waals surface area contributed by atoms with E-state index >= 15 is 0 Å². The molecule has 1 aromatic heterocycles. The average molecular weight is 370 g/mol. The zero-order valence-electron chi connectivity index (χ0n) is 13.5. The van der Waals surface area contributed by atoms with Gasteiger partial charge in [0.15, 0.2) is 0 Å². The number of aromatic nitrogens is 2. The summed E-state index contributed by atoms with van der Waals surface area (Å²) >= 11 is 5.76. The summed E-state index contributed by atoms with van der Waals surface area (Å²) in [5.41, 5.74) is 0.824. The van der Waals surface area contributed by atoms with Crippen LogP contribution in [0.1, 0.15) is 12.6 Å². The third-order valence-corrected chi connectivity index (χ3v) is 4.77. The smallest absolute Gasteiger partial charge is 0.240 e. The van der Waals surface area contributed by atoms with Crippen LogP contribution < -0.4 is 15.4 Å². The number of rotatable bonds is 8. The maximum atomic E-state index is 12.1. The minimum atomic E-state index is -3.56. The molecule has 0 atom stereocenters. The van der Waals surface area contributed by atoms with Gasteiger partial charge in [-0.3, -0.25) is 0 Å². The molecule has 9 heteroatoms. The number of hydrogen-bond donors (Lipinski definition) is 3. The Morgan fingerprint density at radius 1 is 1.08 bits per heavy atom. The predicted octanol–water partition coefficient (Wildman–Crippen LogP) is 2.26. The number of benzene rings is 1. The quantitative estimate of drug-likeness (QED) is 0.618. The molecular formula is C15H20ClN5O2S. The lowest BCUT2D eigenvalue weighted by Gasteiger charge is -2.10. The van der Waals surface area contributed by atoms with E-state index in [2.05, 4.69) is 25.3 Å². The number of hydrogen-bond acceptors (Lipinski definition) is 6. The average Bonchev–Trinajstić information content (AvgIpc) is 2.52. The molecule has 130 valence electrons. The van der Waals surface area contributed by atoms with Crippen molar-refractivity contribution in [1.82, 2.24) is 14.7 Å². The molecule has 1 aromatic carbocycles. The van der Waals surface area contributed by atoms with Crippen LogP contribution in [0.4, 0.5) is 11.8 Å². The molecule has 7 nitrogen and oxygen atoms in total. The summed E-state index contributed by atoms with van der Waals surface area (Å²) in [4.78, 5) is 8.74. The van der Waals surface area contributed by atoms with Crippen LogP contribution >= 0.6 is 11.6 Å². The van der Waals surface area contributed by atoms with E-state index < -0.39 is 10.0 Å². The van der Waals surface area contributed by atoms with Crippen molar-refractivity contribution in [2.24, 2.45) is 0 Å². The monoisotopic (exact) mass is 369 g/mol. The summed E-state index contributed by atoms with van der Waals surface area (Å²) in [5, 5.41) is 6.61. The number of halogens is 1. The van der Waals surface area contributed by atoms with E-state index in [1.54, 1.807) is 0 Å². The van der Waals surface area contributed by atoms with E-state index in [1.807, 2.05) is 19.9 Å². The molecule has 0 saturated heterocycles.